The SMILES string of the molecule is O=C(c1ccc2ccccc2n1)N1CC[C@H]2CNC[C@H]21. The summed E-state index contributed by atoms with van der Waals surface area (Å²) in [7, 11) is 0. The Bertz CT molecular complexity index is 670. The number of likely N-dealkylation sites (tertiary alicyclic amines) is 1. The summed E-state index contributed by atoms with van der Waals surface area (Å²) < 4.78 is 0. The maximum Gasteiger partial charge on any atom is 0.272 e. The van der Waals surface area contributed by atoms with Crippen LogP contribution in [0.25, 0.3) is 10.9 Å². The van der Waals surface area contributed by atoms with Gasteiger partial charge in [0, 0.05) is 31.1 Å². The molecular formula is C16H17N3O. The fraction of sp³-hybridized carbons (Fsp3) is 0.375. The number of para-hydroxylation sites is 1. The number of hydrogen-bond acceptors (Lipinski definition) is 3. The third-order valence-corrected chi connectivity index (χ3v) is 4.52. The van der Waals surface area contributed by atoms with Crippen LogP contribution in [-0.4, -0.2) is 41.5 Å². The van der Waals surface area contributed by atoms with Crippen LogP contribution >= 0.6 is 0 Å². The van der Waals surface area contributed by atoms with Crippen molar-refractivity contribution in [1.29, 1.82) is 0 Å². The van der Waals surface area contributed by atoms with E-state index in [-0.39, 0.29) is 5.91 Å². The van der Waals surface area contributed by atoms with Gasteiger partial charge in [-0.2, -0.15) is 0 Å². The Balaban J connectivity index is 1.66. The van der Waals surface area contributed by atoms with Gasteiger partial charge in [0.05, 0.1) is 5.52 Å². The number of hydrogen-bond donors (Lipinski definition) is 1. The fourth-order valence-corrected chi connectivity index (χ4v) is 3.43. The molecule has 2 saturated heterocycles. The van der Waals surface area contributed by atoms with Gasteiger partial charge in [-0.3, -0.25) is 4.79 Å². The monoisotopic (exact) mass is 267 g/mol. The van der Waals surface area contributed by atoms with E-state index in [0.717, 1.165) is 37.0 Å². The van der Waals surface area contributed by atoms with Crippen LogP contribution in [0.15, 0.2) is 36.4 Å². The number of aromatic nitrogens is 1. The van der Waals surface area contributed by atoms with Crippen molar-refractivity contribution in [2.24, 2.45) is 5.92 Å². The molecule has 1 aromatic carbocycles. The topological polar surface area (TPSA) is 45.2 Å². The number of amides is 1. The van der Waals surface area contributed by atoms with Crippen LogP contribution in [0.2, 0.25) is 0 Å². The number of carbonyl (C=O) groups is 1. The minimum atomic E-state index is 0.0759. The normalized spacial score (nSPS) is 25.1. The Kier molecular flexibility index (Phi) is 2.70. The molecule has 2 aromatic rings. The molecule has 1 amide bonds. The summed E-state index contributed by atoms with van der Waals surface area (Å²) in [6.45, 7) is 2.83. The molecule has 4 rings (SSSR count). The van der Waals surface area contributed by atoms with Gasteiger partial charge in [-0.25, -0.2) is 4.98 Å². The van der Waals surface area contributed by atoms with Crippen molar-refractivity contribution in [2.45, 2.75) is 12.5 Å². The smallest absolute Gasteiger partial charge is 0.272 e. The van der Waals surface area contributed by atoms with Crippen molar-refractivity contribution >= 4 is 16.8 Å². The van der Waals surface area contributed by atoms with Crippen LogP contribution in [0.5, 0.6) is 0 Å². The molecule has 4 heteroatoms. The lowest BCUT2D eigenvalue weighted by atomic mass is 10.1. The first kappa shape index (κ1) is 11.9. The van der Waals surface area contributed by atoms with Gasteiger partial charge in [-0.1, -0.05) is 24.3 Å². The van der Waals surface area contributed by atoms with Crippen LogP contribution in [0.1, 0.15) is 16.9 Å². The van der Waals surface area contributed by atoms with Crippen LogP contribution in [0, 0.1) is 5.92 Å². The number of rotatable bonds is 1. The lowest BCUT2D eigenvalue weighted by Crippen LogP contribution is -2.39. The minimum Gasteiger partial charge on any atom is -0.333 e. The number of pyridine rings is 1. The van der Waals surface area contributed by atoms with Gasteiger partial charge < -0.3 is 10.2 Å². The molecule has 20 heavy (non-hydrogen) atoms. The van der Waals surface area contributed by atoms with Crippen molar-refractivity contribution in [3.63, 3.8) is 0 Å². The van der Waals surface area contributed by atoms with E-state index in [1.165, 1.54) is 0 Å². The molecule has 0 aliphatic carbocycles. The maximum atomic E-state index is 12.7. The fourth-order valence-electron chi connectivity index (χ4n) is 3.43. The highest BCUT2D eigenvalue weighted by Crippen LogP contribution is 2.28. The van der Waals surface area contributed by atoms with Crippen LogP contribution in [0.3, 0.4) is 0 Å². The summed E-state index contributed by atoms with van der Waals surface area (Å²) in [6, 6.07) is 12.1. The number of nitrogens with zero attached hydrogens (tertiary/aromatic N) is 2. The average molecular weight is 267 g/mol. The lowest BCUT2D eigenvalue weighted by Gasteiger charge is -2.23. The van der Waals surface area contributed by atoms with Gasteiger partial charge in [0.15, 0.2) is 0 Å². The van der Waals surface area contributed by atoms with Crippen LogP contribution in [0.4, 0.5) is 0 Å². The second-order valence-electron chi connectivity index (χ2n) is 5.66. The summed E-state index contributed by atoms with van der Waals surface area (Å²) in [5.41, 5.74) is 1.45. The zero-order chi connectivity index (χ0) is 13.5. The van der Waals surface area contributed by atoms with Gasteiger partial charge in [0.25, 0.3) is 5.91 Å². The van der Waals surface area contributed by atoms with E-state index in [4.69, 9.17) is 0 Å². The molecule has 1 N–H and O–H groups in total. The van der Waals surface area contributed by atoms with Gasteiger partial charge in [-0.05, 0) is 24.5 Å². The summed E-state index contributed by atoms with van der Waals surface area (Å²) >= 11 is 0. The highest BCUT2D eigenvalue weighted by atomic mass is 16.2. The maximum absolute atomic E-state index is 12.7. The van der Waals surface area contributed by atoms with Crippen molar-refractivity contribution in [2.75, 3.05) is 19.6 Å². The predicted molar refractivity (Wildman–Crippen MR) is 77.5 cm³/mol. The molecule has 0 spiro atoms. The third kappa shape index (κ3) is 1.79. The molecule has 0 radical (unpaired) electrons. The van der Waals surface area contributed by atoms with Crippen molar-refractivity contribution in [1.82, 2.24) is 15.2 Å². The molecule has 0 saturated carbocycles. The van der Waals surface area contributed by atoms with E-state index in [0.29, 0.717) is 17.7 Å². The van der Waals surface area contributed by atoms with Gasteiger partial charge in [-0.15, -0.1) is 0 Å². The molecule has 0 bridgehead atoms. The Hall–Kier alpha value is -1.94. The summed E-state index contributed by atoms with van der Waals surface area (Å²) in [4.78, 5) is 19.2. The van der Waals surface area contributed by atoms with Gasteiger partial charge in [0.1, 0.15) is 5.69 Å². The number of benzene rings is 1. The largest absolute Gasteiger partial charge is 0.333 e. The second kappa shape index (κ2) is 4.56. The van der Waals surface area contributed by atoms with E-state index < -0.39 is 0 Å². The highest BCUT2D eigenvalue weighted by molar-refractivity contribution is 5.95. The molecule has 102 valence electrons. The Morgan fingerprint density at radius 3 is 3.05 bits per heavy atom. The van der Waals surface area contributed by atoms with Crippen LogP contribution in [-0.2, 0) is 0 Å². The average Bonchev–Trinajstić information content (AvgIpc) is 3.09. The summed E-state index contributed by atoms with van der Waals surface area (Å²) in [5.74, 6) is 0.700. The first-order valence-electron chi connectivity index (χ1n) is 7.20. The quantitative estimate of drug-likeness (QED) is 0.855. The summed E-state index contributed by atoms with van der Waals surface area (Å²) in [5, 5.41) is 4.45. The first-order valence-corrected chi connectivity index (χ1v) is 7.20. The minimum absolute atomic E-state index is 0.0759. The van der Waals surface area contributed by atoms with E-state index in [1.807, 2.05) is 41.3 Å². The third-order valence-electron chi connectivity index (χ3n) is 4.52. The zero-order valence-corrected chi connectivity index (χ0v) is 11.2. The molecule has 4 nitrogen and oxygen atoms in total. The molecular weight excluding hydrogens is 250 g/mol. The second-order valence-corrected chi connectivity index (χ2v) is 5.66. The van der Waals surface area contributed by atoms with E-state index in [2.05, 4.69) is 10.3 Å². The Morgan fingerprint density at radius 2 is 2.10 bits per heavy atom. The number of nitrogens with one attached hydrogen (secondary N) is 1. The number of fused-ring (bicyclic) bond motifs is 2. The Labute approximate surface area is 117 Å². The molecule has 0 unspecified atom stereocenters. The molecule has 3 heterocycles. The van der Waals surface area contributed by atoms with Crippen molar-refractivity contribution in [3.05, 3.63) is 42.1 Å². The molecule has 2 fully saturated rings. The zero-order valence-electron chi connectivity index (χ0n) is 11.2. The van der Waals surface area contributed by atoms with E-state index in [1.54, 1.807) is 0 Å². The molecule has 2 aliphatic heterocycles. The highest BCUT2D eigenvalue weighted by Gasteiger charge is 2.40. The van der Waals surface area contributed by atoms with Crippen molar-refractivity contribution < 1.29 is 4.79 Å². The number of carbonyl (C=O) groups excluding carboxylic acids is 1. The van der Waals surface area contributed by atoms with Gasteiger partial charge in [0.2, 0.25) is 0 Å². The van der Waals surface area contributed by atoms with E-state index >= 15 is 0 Å². The summed E-state index contributed by atoms with van der Waals surface area (Å²) in [6.07, 6.45) is 1.11. The Morgan fingerprint density at radius 1 is 1.20 bits per heavy atom. The molecule has 2 aliphatic rings. The first-order chi connectivity index (χ1) is 9.83. The predicted octanol–water partition coefficient (Wildman–Crippen LogP) is 1.67. The van der Waals surface area contributed by atoms with Crippen molar-refractivity contribution in [3.8, 4) is 0 Å². The molecule has 2 atom stereocenters. The van der Waals surface area contributed by atoms with E-state index in [9.17, 15) is 4.79 Å². The lowest BCUT2D eigenvalue weighted by molar-refractivity contribution is 0.0731. The van der Waals surface area contributed by atoms with Crippen LogP contribution < -0.4 is 5.32 Å². The standard InChI is InChI=1S/C16H17N3O/c20-16(19-8-7-12-9-17-10-15(12)19)14-6-5-11-3-1-2-4-13(11)18-14/h1-6,12,15,17H,7-10H2/t12-,15+/m0/s1. The molecule has 1 aromatic heterocycles. The van der Waals surface area contributed by atoms with Gasteiger partial charge >= 0.3 is 0 Å².